The van der Waals surface area contributed by atoms with Crippen LogP contribution in [0.1, 0.15) is 19.8 Å². The van der Waals surface area contributed by atoms with Crippen LogP contribution in [0.3, 0.4) is 0 Å². The first-order valence-corrected chi connectivity index (χ1v) is 11.1. The topological polar surface area (TPSA) is 0 Å². The summed E-state index contributed by atoms with van der Waals surface area (Å²) < 4.78 is 7.68. The van der Waals surface area contributed by atoms with Gasteiger partial charge in [0.05, 0.1) is 0 Å². The van der Waals surface area contributed by atoms with E-state index in [2.05, 4.69) is 38.9 Å². The van der Waals surface area contributed by atoms with E-state index in [-0.39, 0.29) is 0 Å². The Morgan fingerprint density at radius 3 is 1.82 bits per heavy atom. The number of rotatable bonds is 6. The van der Waals surface area contributed by atoms with Crippen molar-refractivity contribution in [3.05, 3.63) is 32.0 Å². The molecule has 0 aromatic carbocycles. The summed E-state index contributed by atoms with van der Waals surface area (Å²) in [7, 11) is 0. The van der Waals surface area contributed by atoms with Crippen LogP contribution in [0, 0.1) is 0 Å². The van der Waals surface area contributed by atoms with Crippen LogP contribution in [0.2, 0.25) is 4.44 Å². The van der Waals surface area contributed by atoms with Crippen LogP contribution < -0.4 is 0 Å². The van der Waals surface area contributed by atoms with Crippen LogP contribution in [-0.4, -0.2) is 18.4 Å². The van der Waals surface area contributed by atoms with Gasteiger partial charge in [-0.05, 0) is 0 Å². The Kier molecular flexibility index (Phi) is 5.65. The van der Waals surface area contributed by atoms with Gasteiger partial charge in [-0.3, -0.25) is 0 Å². The van der Waals surface area contributed by atoms with E-state index in [0.29, 0.717) is 0 Å². The van der Waals surface area contributed by atoms with Crippen LogP contribution in [0.4, 0.5) is 0 Å². The Morgan fingerprint density at radius 1 is 1.09 bits per heavy atom. The van der Waals surface area contributed by atoms with Gasteiger partial charge in [0.1, 0.15) is 0 Å². The number of hydrogen-bond donors (Lipinski definition) is 0. The van der Waals surface area contributed by atoms with E-state index in [1.165, 1.54) is 17.3 Å². The zero-order valence-electron chi connectivity index (χ0n) is 7.47. The molecule has 0 amide bonds. The van der Waals surface area contributed by atoms with Crippen molar-refractivity contribution in [1.29, 1.82) is 0 Å². The van der Waals surface area contributed by atoms with Crippen molar-refractivity contribution in [3.8, 4) is 0 Å². The molecule has 0 aromatic rings. The summed E-state index contributed by atoms with van der Waals surface area (Å²) in [5.74, 6) is 0. The third kappa shape index (κ3) is 3.28. The van der Waals surface area contributed by atoms with E-state index in [0.717, 1.165) is 0 Å². The van der Waals surface area contributed by atoms with Crippen LogP contribution in [0.15, 0.2) is 32.0 Å². The Bertz CT molecular complexity index is 125. The maximum absolute atomic E-state index is 3.88. The summed E-state index contributed by atoms with van der Waals surface area (Å²) in [6, 6.07) is 0. The molecule has 0 radical (unpaired) electrons. The molecule has 0 spiro atoms. The van der Waals surface area contributed by atoms with Gasteiger partial charge in [0, 0.05) is 0 Å². The first-order valence-electron chi connectivity index (χ1n) is 4.15. The fraction of sp³-hybridized carbons (Fsp3) is 0.400. The van der Waals surface area contributed by atoms with E-state index in [9.17, 15) is 0 Å². The van der Waals surface area contributed by atoms with Crippen LogP contribution in [-0.2, 0) is 0 Å². The van der Waals surface area contributed by atoms with E-state index in [4.69, 9.17) is 0 Å². The molecule has 1 heteroatoms. The zero-order valence-corrected chi connectivity index (χ0v) is 10.3. The van der Waals surface area contributed by atoms with Gasteiger partial charge in [0.15, 0.2) is 0 Å². The molecule has 0 aromatic heterocycles. The second-order valence-corrected chi connectivity index (χ2v) is 14.1. The maximum atomic E-state index is 3.88. The first kappa shape index (κ1) is 11.0. The van der Waals surface area contributed by atoms with Crippen molar-refractivity contribution >= 4 is 18.4 Å². The molecule has 0 aliphatic carbocycles. The molecule has 0 bridgehead atoms. The Balaban J connectivity index is 4.16. The Labute approximate surface area is 74.6 Å². The molecule has 0 saturated heterocycles. The third-order valence-electron chi connectivity index (χ3n) is 2.10. The van der Waals surface area contributed by atoms with Crippen molar-refractivity contribution in [3.63, 3.8) is 0 Å². The average Bonchev–Trinajstić information content (AvgIpc) is 2.08. The fourth-order valence-corrected chi connectivity index (χ4v) is 6.97. The predicted octanol–water partition coefficient (Wildman–Crippen LogP) is 3.41. The van der Waals surface area contributed by atoms with E-state index >= 15 is 0 Å². The second-order valence-electron chi connectivity index (χ2n) is 2.83. The Hall–Kier alpha value is 0.0187. The van der Waals surface area contributed by atoms with Gasteiger partial charge in [0.2, 0.25) is 0 Å². The van der Waals surface area contributed by atoms with Crippen molar-refractivity contribution in [2.24, 2.45) is 0 Å². The number of hydrogen-bond acceptors (Lipinski definition) is 0. The van der Waals surface area contributed by atoms with Gasteiger partial charge in [0.25, 0.3) is 0 Å². The minimum atomic E-state index is -2.17. The normalized spacial score (nSPS) is 10.6. The molecule has 0 aliphatic rings. The van der Waals surface area contributed by atoms with Gasteiger partial charge in [-0.15, -0.1) is 0 Å². The molecule has 0 atom stereocenters. The molecular weight excluding hydrogens is 239 g/mol. The van der Waals surface area contributed by atoms with E-state index in [1.807, 2.05) is 0 Å². The Morgan fingerprint density at radius 2 is 1.55 bits per heavy atom. The minimum absolute atomic E-state index is 1.26. The summed E-state index contributed by atoms with van der Waals surface area (Å²) in [5.41, 5.74) is 0. The van der Waals surface area contributed by atoms with Crippen LogP contribution >= 0.6 is 0 Å². The molecule has 11 heavy (non-hydrogen) atoms. The molecule has 0 rings (SSSR count). The third-order valence-corrected chi connectivity index (χ3v) is 12.1. The summed E-state index contributed by atoms with van der Waals surface area (Å²) in [4.78, 5) is 0. The quantitative estimate of drug-likeness (QED) is 0.639. The first-order chi connectivity index (χ1) is 5.24. The summed E-state index contributed by atoms with van der Waals surface area (Å²) in [5, 5.41) is 0. The fourth-order valence-electron chi connectivity index (χ4n) is 1.04. The molecule has 0 nitrogen and oxygen atoms in total. The SMILES string of the molecule is C=[CH][Sn]([CH]=C)([CH]=C)[CH2]CCC. The van der Waals surface area contributed by atoms with Crippen LogP contribution in [0.25, 0.3) is 0 Å². The molecular formula is C10H18Sn. The van der Waals surface area contributed by atoms with Gasteiger partial charge in [-0.1, -0.05) is 0 Å². The monoisotopic (exact) mass is 258 g/mol. The molecule has 0 heterocycles. The van der Waals surface area contributed by atoms with E-state index < -0.39 is 18.4 Å². The summed E-state index contributed by atoms with van der Waals surface area (Å²) in [6.45, 7) is 13.8. The van der Waals surface area contributed by atoms with Crippen molar-refractivity contribution in [1.82, 2.24) is 0 Å². The molecule has 0 saturated carbocycles. The van der Waals surface area contributed by atoms with Crippen molar-refractivity contribution < 1.29 is 0 Å². The van der Waals surface area contributed by atoms with Gasteiger partial charge in [-0.2, -0.15) is 0 Å². The van der Waals surface area contributed by atoms with Gasteiger partial charge in [-0.25, -0.2) is 0 Å². The van der Waals surface area contributed by atoms with Gasteiger partial charge >= 0.3 is 74.6 Å². The second kappa shape index (κ2) is 5.64. The molecule has 0 unspecified atom stereocenters. The molecule has 0 fully saturated rings. The standard InChI is InChI=1S/C4H9.3C2H3.Sn/c1-3-4-2;3*1-2;/h1,3-4H2,2H3;3*1H,2H2;. The number of unbranched alkanes of at least 4 members (excludes halogenated alkanes) is 1. The zero-order chi connectivity index (χ0) is 8.74. The average molecular weight is 257 g/mol. The van der Waals surface area contributed by atoms with Crippen LogP contribution in [0.5, 0.6) is 0 Å². The van der Waals surface area contributed by atoms with Crippen molar-refractivity contribution in [2.45, 2.75) is 24.2 Å². The van der Waals surface area contributed by atoms with Crippen molar-refractivity contribution in [2.75, 3.05) is 0 Å². The molecule has 0 N–H and O–H groups in total. The predicted molar refractivity (Wildman–Crippen MR) is 56.1 cm³/mol. The summed E-state index contributed by atoms with van der Waals surface area (Å²) >= 11 is -2.17. The molecule has 62 valence electrons. The van der Waals surface area contributed by atoms with Gasteiger partial charge < -0.3 is 0 Å². The van der Waals surface area contributed by atoms with E-state index in [1.54, 1.807) is 0 Å². The summed E-state index contributed by atoms with van der Waals surface area (Å²) in [6.07, 6.45) is 2.55. The molecule has 0 aliphatic heterocycles.